The van der Waals surface area contributed by atoms with Crippen molar-refractivity contribution in [1.82, 2.24) is 15.1 Å². The van der Waals surface area contributed by atoms with Crippen molar-refractivity contribution < 1.29 is 9.53 Å². The summed E-state index contributed by atoms with van der Waals surface area (Å²) in [4.78, 5) is 12.1. The van der Waals surface area contributed by atoms with E-state index in [1.54, 1.807) is 30.1 Å². The second-order valence-corrected chi connectivity index (χ2v) is 5.69. The number of ether oxygens (including phenoxy) is 1. The number of amides is 1. The van der Waals surface area contributed by atoms with Crippen LogP contribution in [0.25, 0.3) is 0 Å². The van der Waals surface area contributed by atoms with Gasteiger partial charge in [0.2, 0.25) is 5.91 Å². The van der Waals surface area contributed by atoms with Gasteiger partial charge >= 0.3 is 0 Å². The Hall–Kier alpha value is -1.89. The van der Waals surface area contributed by atoms with Crippen LogP contribution in [0.1, 0.15) is 17.3 Å². The molecule has 0 aliphatic heterocycles. The molecule has 1 amide bonds. The fourth-order valence-electron chi connectivity index (χ4n) is 2.28. The first-order chi connectivity index (χ1) is 11.0. The molecule has 0 aliphatic rings. The van der Waals surface area contributed by atoms with Crippen LogP contribution in [-0.2, 0) is 16.6 Å². The maximum absolute atomic E-state index is 12.1. The van der Waals surface area contributed by atoms with Crippen molar-refractivity contribution in [2.45, 2.75) is 13.0 Å². The molecule has 1 atom stereocenters. The van der Waals surface area contributed by atoms with Gasteiger partial charge in [-0.3, -0.25) is 14.8 Å². The molecule has 2 aromatic rings. The van der Waals surface area contributed by atoms with Gasteiger partial charge in [-0.05, 0) is 36.8 Å². The number of nitrogens with one attached hydrogen (secondary N) is 2. The van der Waals surface area contributed by atoms with Gasteiger partial charge in [0.25, 0.3) is 0 Å². The SMILES string of the molecule is COC[C@H](NCC(=O)Nc1ccc(Cl)c(C)c1)c1ccnn1C. The minimum Gasteiger partial charge on any atom is -0.383 e. The normalized spacial score (nSPS) is 12.2. The van der Waals surface area contributed by atoms with Gasteiger partial charge in [-0.2, -0.15) is 5.10 Å². The Kier molecular flexibility index (Phi) is 6.15. The number of halogens is 1. The zero-order chi connectivity index (χ0) is 16.8. The number of carbonyl (C=O) groups excluding carboxylic acids is 1. The number of carbonyl (C=O) groups is 1. The first-order valence-corrected chi connectivity index (χ1v) is 7.65. The van der Waals surface area contributed by atoms with Crippen molar-refractivity contribution in [2.24, 2.45) is 7.05 Å². The Morgan fingerprint density at radius 3 is 2.83 bits per heavy atom. The highest BCUT2D eigenvalue weighted by Gasteiger charge is 2.16. The second-order valence-electron chi connectivity index (χ2n) is 5.28. The summed E-state index contributed by atoms with van der Waals surface area (Å²) in [5, 5.41) is 10.8. The number of aromatic nitrogens is 2. The van der Waals surface area contributed by atoms with E-state index in [1.807, 2.05) is 26.1 Å². The molecule has 0 bridgehead atoms. The molecule has 0 aliphatic carbocycles. The number of anilines is 1. The fourth-order valence-corrected chi connectivity index (χ4v) is 2.40. The van der Waals surface area contributed by atoms with Crippen molar-refractivity contribution in [2.75, 3.05) is 25.6 Å². The van der Waals surface area contributed by atoms with Crippen molar-refractivity contribution in [3.8, 4) is 0 Å². The maximum Gasteiger partial charge on any atom is 0.238 e. The zero-order valence-corrected chi connectivity index (χ0v) is 14.2. The third kappa shape index (κ3) is 4.79. The van der Waals surface area contributed by atoms with Crippen LogP contribution < -0.4 is 10.6 Å². The van der Waals surface area contributed by atoms with Gasteiger partial charge in [0.1, 0.15) is 0 Å². The first-order valence-electron chi connectivity index (χ1n) is 7.27. The lowest BCUT2D eigenvalue weighted by Gasteiger charge is -2.18. The van der Waals surface area contributed by atoms with Crippen LogP contribution in [0.3, 0.4) is 0 Å². The fraction of sp³-hybridized carbons (Fsp3) is 0.375. The summed E-state index contributed by atoms with van der Waals surface area (Å²) in [7, 11) is 3.48. The predicted octanol–water partition coefficient (Wildman–Crippen LogP) is 2.30. The topological polar surface area (TPSA) is 68.2 Å². The van der Waals surface area contributed by atoms with Crippen molar-refractivity contribution in [1.29, 1.82) is 0 Å². The lowest BCUT2D eigenvalue weighted by molar-refractivity contribution is -0.115. The maximum atomic E-state index is 12.1. The lowest BCUT2D eigenvalue weighted by atomic mass is 10.2. The van der Waals surface area contributed by atoms with E-state index in [1.165, 1.54) is 0 Å². The second kappa shape index (κ2) is 8.10. The minimum absolute atomic E-state index is 0.106. The summed E-state index contributed by atoms with van der Waals surface area (Å²) in [6.45, 7) is 2.51. The van der Waals surface area contributed by atoms with Gasteiger partial charge in [-0.15, -0.1) is 0 Å². The lowest BCUT2D eigenvalue weighted by Crippen LogP contribution is -2.34. The summed E-state index contributed by atoms with van der Waals surface area (Å²) in [5.74, 6) is -0.130. The van der Waals surface area contributed by atoms with Crippen LogP contribution >= 0.6 is 11.6 Å². The van der Waals surface area contributed by atoms with Crippen molar-refractivity contribution in [3.63, 3.8) is 0 Å². The largest absolute Gasteiger partial charge is 0.383 e. The molecule has 0 spiro atoms. The number of benzene rings is 1. The van der Waals surface area contributed by atoms with Crippen LogP contribution in [0, 0.1) is 6.92 Å². The molecule has 7 heteroatoms. The third-order valence-corrected chi connectivity index (χ3v) is 3.92. The Bertz CT molecular complexity index is 672. The first kappa shape index (κ1) is 17.5. The monoisotopic (exact) mass is 336 g/mol. The summed E-state index contributed by atoms with van der Waals surface area (Å²) in [6, 6.07) is 7.18. The van der Waals surface area contributed by atoms with Crippen LogP contribution in [0.2, 0.25) is 5.02 Å². The van der Waals surface area contributed by atoms with Crippen molar-refractivity contribution in [3.05, 3.63) is 46.7 Å². The zero-order valence-electron chi connectivity index (χ0n) is 13.5. The van der Waals surface area contributed by atoms with Gasteiger partial charge in [0, 0.05) is 31.1 Å². The van der Waals surface area contributed by atoms with Gasteiger partial charge < -0.3 is 10.1 Å². The molecular formula is C16H21ClN4O2. The highest BCUT2D eigenvalue weighted by Crippen LogP contribution is 2.19. The molecule has 124 valence electrons. The molecule has 1 heterocycles. The van der Waals surface area contributed by atoms with Crippen molar-refractivity contribution >= 4 is 23.2 Å². The summed E-state index contributed by atoms with van der Waals surface area (Å²) in [6.07, 6.45) is 1.72. The smallest absolute Gasteiger partial charge is 0.238 e. The highest BCUT2D eigenvalue weighted by atomic mass is 35.5. The highest BCUT2D eigenvalue weighted by molar-refractivity contribution is 6.31. The number of hydrogen-bond donors (Lipinski definition) is 2. The van der Waals surface area contributed by atoms with E-state index in [0.29, 0.717) is 11.6 Å². The Morgan fingerprint density at radius 2 is 2.22 bits per heavy atom. The van der Waals surface area contributed by atoms with E-state index >= 15 is 0 Å². The molecular weight excluding hydrogens is 316 g/mol. The van der Waals surface area contributed by atoms with Gasteiger partial charge in [-0.25, -0.2) is 0 Å². The number of hydrogen-bond acceptors (Lipinski definition) is 4. The average Bonchev–Trinajstić information content (AvgIpc) is 2.93. The number of nitrogens with zero attached hydrogens (tertiary/aromatic N) is 2. The molecule has 2 N–H and O–H groups in total. The Labute approximate surface area is 140 Å². The molecule has 2 rings (SSSR count). The molecule has 0 saturated heterocycles. The van der Waals surface area contributed by atoms with Crippen LogP contribution in [0.4, 0.5) is 5.69 Å². The summed E-state index contributed by atoms with van der Waals surface area (Å²) >= 11 is 5.98. The average molecular weight is 337 g/mol. The van der Waals surface area contributed by atoms with E-state index in [9.17, 15) is 4.79 Å². The molecule has 0 fully saturated rings. The van der Waals surface area contributed by atoms with Gasteiger partial charge in [0.05, 0.1) is 24.9 Å². The van der Waals surface area contributed by atoms with Crippen LogP contribution in [0.5, 0.6) is 0 Å². The Balaban J connectivity index is 1.93. The molecule has 23 heavy (non-hydrogen) atoms. The van der Waals surface area contributed by atoms with Crippen LogP contribution in [-0.4, -0.2) is 35.9 Å². The number of methoxy groups -OCH3 is 1. The van der Waals surface area contributed by atoms with Crippen LogP contribution in [0.15, 0.2) is 30.5 Å². The summed E-state index contributed by atoms with van der Waals surface area (Å²) in [5.41, 5.74) is 2.61. The number of aryl methyl sites for hydroxylation is 2. The molecule has 0 unspecified atom stereocenters. The standard InChI is InChI=1S/C16H21ClN4O2/c1-11-8-12(4-5-13(11)17)20-16(22)9-18-14(10-23-3)15-6-7-19-21(15)2/h4-8,14,18H,9-10H2,1-3H3,(H,20,22)/t14-/m0/s1. The molecule has 1 aromatic carbocycles. The van der Waals surface area contributed by atoms with E-state index in [2.05, 4.69) is 15.7 Å². The van der Waals surface area contributed by atoms with Gasteiger partial charge in [0.15, 0.2) is 0 Å². The van der Waals surface area contributed by atoms with E-state index in [-0.39, 0.29) is 18.5 Å². The molecule has 0 saturated carbocycles. The van der Waals surface area contributed by atoms with E-state index in [4.69, 9.17) is 16.3 Å². The van der Waals surface area contributed by atoms with Gasteiger partial charge in [-0.1, -0.05) is 11.6 Å². The molecule has 6 nitrogen and oxygen atoms in total. The molecule has 1 aromatic heterocycles. The minimum atomic E-state index is -0.130. The third-order valence-electron chi connectivity index (χ3n) is 3.50. The predicted molar refractivity (Wildman–Crippen MR) is 90.6 cm³/mol. The number of rotatable bonds is 7. The van der Waals surface area contributed by atoms with E-state index < -0.39 is 0 Å². The quantitative estimate of drug-likeness (QED) is 0.814. The Morgan fingerprint density at radius 1 is 1.43 bits per heavy atom. The van der Waals surface area contributed by atoms with E-state index in [0.717, 1.165) is 16.9 Å². The molecule has 0 radical (unpaired) electrons. The summed E-state index contributed by atoms with van der Waals surface area (Å²) < 4.78 is 6.97.